The fourth-order valence-electron chi connectivity index (χ4n) is 2.26. The Bertz CT molecular complexity index is 596. The first-order valence-electron chi connectivity index (χ1n) is 7.13. The summed E-state index contributed by atoms with van der Waals surface area (Å²) < 4.78 is 10.3. The van der Waals surface area contributed by atoms with Crippen molar-refractivity contribution in [3.8, 4) is 5.75 Å². The largest absolute Gasteiger partial charge is 0.467 e. The highest BCUT2D eigenvalue weighted by Gasteiger charge is 2.29. The SMILES string of the molecule is O=C(OC1C/C=C\C(=O)C(O)C(O)C1)c1ccccc1OCO. The molecule has 0 spiro atoms. The fourth-order valence-corrected chi connectivity index (χ4v) is 2.26. The van der Waals surface area contributed by atoms with Gasteiger partial charge in [-0.3, -0.25) is 4.79 Å². The number of ether oxygens (including phenoxy) is 2. The van der Waals surface area contributed by atoms with E-state index in [1.807, 2.05) is 0 Å². The molecule has 0 aliphatic heterocycles. The second kappa shape index (κ2) is 7.87. The standard InChI is InChI=1S/C16H18O7/c17-9-22-14-7-2-1-5-11(14)16(21)23-10-4-3-6-12(18)15(20)13(19)8-10/h1-3,5-7,10,13,15,17,19-20H,4,8-9H2/b6-3-. The van der Waals surface area contributed by atoms with Gasteiger partial charge in [-0.25, -0.2) is 4.79 Å². The minimum absolute atomic E-state index is 0.0635. The molecule has 3 N–H and O–H groups in total. The smallest absolute Gasteiger partial charge is 0.342 e. The van der Waals surface area contributed by atoms with Crippen molar-refractivity contribution in [2.24, 2.45) is 0 Å². The molecule has 7 nitrogen and oxygen atoms in total. The van der Waals surface area contributed by atoms with Gasteiger partial charge in [0.25, 0.3) is 0 Å². The summed E-state index contributed by atoms with van der Waals surface area (Å²) in [6.07, 6.45) is -0.705. The van der Waals surface area contributed by atoms with Gasteiger partial charge in [0.15, 0.2) is 12.6 Å². The van der Waals surface area contributed by atoms with Crippen LogP contribution in [0.2, 0.25) is 0 Å². The summed E-state index contributed by atoms with van der Waals surface area (Å²) >= 11 is 0. The molecule has 0 fully saturated rings. The summed E-state index contributed by atoms with van der Waals surface area (Å²) in [5.41, 5.74) is 0.138. The third kappa shape index (κ3) is 4.38. The third-order valence-electron chi connectivity index (χ3n) is 3.44. The molecule has 1 aliphatic carbocycles. The van der Waals surface area contributed by atoms with Crippen molar-refractivity contribution in [1.29, 1.82) is 0 Å². The van der Waals surface area contributed by atoms with Gasteiger partial charge in [0.2, 0.25) is 0 Å². The van der Waals surface area contributed by atoms with E-state index < -0.39 is 36.9 Å². The molecule has 1 aliphatic rings. The van der Waals surface area contributed by atoms with Crippen LogP contribution in [-0.2, 0) is 9.53 Å². The van der Waals surface area contributed by atoms with E-state index in [4.69, 9.17) is 14.6 Å². The van der Waals surface area contributed by atoms with Crippen molar-refractivity contribution in [2.75, 3.05) is 6.79 Å². The van der Waals surface area contributed by atoms with Crippen LogP contribution in [0.25, 0.3) is 0 Å². The van der Waals surface area contributed by atoms with E-state index in [1.54, 1.807) is 12.1 Å². The Morgan fingerprint density at radius 1 is 1.26 bits per heavy atom. The number of carbonyl (C=O) groups is 2. The second-order valence-electron chi connectivity index (χ2n) is 5.09. The quantitative estimate of drug-likeness (QED) is 0.535. The maximum absolute atomic E-state index is 12.2. The molecule has 124 valence electrons. The first kappa shape index (κ1) is 17.1. The molecule has 1 aromatic rings. The van der Waals surface area contributed by atoms with Crippen LogP contribution < -0.4 is 4.74 Å². The van der Waals surface area contributed by atoms with E-state index in [1.165, 1.54) is 18.2 Å². The lowest BCUT2D eigenvalue weighted by Gasteiger charge is -2.24. The van der Waals surface area contributed by atoms with Crippen LogP contribution in [-0.4, -0.2) is 52.2 Å². The van der Waals surface area contributed by atoms with Crippen molar-refractivity contribution in [1.82, 2.24) is 0 Å². The zero-order chi connectivity index (χ0) is 16.8. The van der Waals surface area contributed by atoms with Gasteiger partial charge in [0, 0.05) is 12.8 Å². The number of rotatable bonds is 4. The molecule has 0 saturated carbocycles. The first-order valence-corrected chi connectivity index (χ1v) is 7.13. The molecule has 7 heteroatoms. The van der Waals surface area contributed by atoms with Crippen molar-refractivity contribution in [3.63, 3.8) is 0 Å². The summed E-state index contributed by atoms with van der Waals surface area (Å²) in [6, 6.07) is 6.27. The number of aliphatic hydroxyl groups excluding tert-OH is 3. The molecule has 0 bridgehead atoms. The summed E-state index contributed by atoms with van der Waals surface area (Å²) in [4.78, 5) is 23.6. The molecule has 0 heterocycles. The Balaban J connectivity index is 2.10. The van der Waals surface area contributed by atoms with Crippen LogP contribution in [0, 0.1) is 0 Å². The summed E-state index contributed by atoms with van der Waals surface area (Å²) in [5.74, 6) is -1.08. The molecule has 3 atom stereocenters. The number of para-hydroxylation sites is 1. The number of esters is 1. The predicted molar refractivity (Wildman–Crippen MR) is 78.8 cm³/mol. The second-order valence-corrected chi connectivity index (χ2v) is 5.09. The van der Waals surface area contributed by atoms with Crippen molar-refractivity contribution in [2.45, 2.75) is 31.2 Å². The van der Waals surface area contributed by atoms with Crippen LogP contribution in [0.1, 0.15) is 23.2 Å². The highest BCUT2D eigenvalue weighted by Crippen LogP contribution is 2.22. The lowest BCUT2D eigenvalue weighted by molar-refractivity contribution is -0.129. The van der Waals surface area contributed by atoms with Gasteiger partial charge in [-0.05, 0) is 18.2 Å². The van der Waals surface area contributed by atoms with E-state index >= 15 is 0 Å². The zero-order valence-electron chi connectivity index (χ0n) is 12.3. The van der Waals surface area contributed by atoms with E-state index in [0.29, 0.717) is 0 Å². The first-order chi connectivity index (χ1) is 11.0. The predicted octanol–water partition coefficient (Wildman–Crippen LogP) is 0.181. The van der Waals surface area contributed by atoms with Crippen LogP contribution in [0.4, 0.5) is 0 Å². The maximum atomic E-state index is 12.2. The van der Waals surface area contributed by atoms with Gasteiger partial charge < -0.3 is 24.8 Å². The van der Waals surface area contributed by atoms with Gasteiger partial charge in [-0.1, -0.05) is 18.2 Å². The summed E-state index contributed by atoms with van der Waals surface area (Å²) in [5, 5.41) is 28.2. The minimum Gasteiger partial charge on any atom is -0.467 e. The number of hydrogen-bond donors (Lipinski definition) is 3. The molecular weight excluding hydrogens is 304 g/mol. The molecule has 3 unspecified atom stereocenters. The lowest BCUT2D eigenvalue weighted by Crippen LogP contribution is -2.37. The van der Waals surface area contributed by atoms with Gasteiger partial charge in [-0.2, -0.15) is 0 Å². The van der Waals surface area contributed by atoms with Gasteiger partial charge in [-0.15, -0.1) is 0 Å². The third-order valence-corrected chi connectivity index (χ3v) is 3.44. The van der Waals surface area contributed by atoms with E-state index in [2.05, 4.69) is 0 Å². The van der Waals surface area contributed by atoms with E-state index in [0.717, 1.165) is 6.08 Å². The number of aliphatic hydroxyl groups is 3. The average Bonchev–Trinajstić information content (AvgIpc) is 2.53. The number of benzene rings is 1. The summed E-state index contributed by atoms with van der Waals surface area (Å²) in [6.45, 7) is -0.580. The lowest BCUT2D eigenvalue weighted by atomic mass is 9.97. The Morgan fingerprint density at radius 2 is 2.00 bits per heavy atom. The highest BCUT2D eigenvalue weighted by molar-refractivity contribution is 5.94. The molecule has 2 rings (SSSR count). The van der Waals surface area contributed by atoms with E-state index in [9.17, 15) is 19.8 Å². The molecular formula is C16H18O7. The van der Waals surface area contributed by atoms with Crippen molar-refractivity contribution >= 4 is 11.8 Å². The monoisotopic (exact) mass is 322 g/mol. The number of ketones is 1. The highest BCUT2D eigenvalue weighted by atomic mass is 16.6. The van der Waals surface area contributed by atoms with Gasteiger partial charge in [0.1, 0.15) is 23.5 Å². The van der Waals surface area contributed by atoms with Crippen molar-refractivity contribution < 1.29 is 34.4 Å². The molecule has 0 radical (unpaired) electrons. The average molecular weight is 322 g/mol. The molecule has 0 amide bonds. The van der Waals surface area contributed by atoms with Crippen LogP contribution in [0.5, 0.6) is 5.75 Å². The molecule has 0 saturated heterocycles. The van der Waals surface area contributed by atoms with Gasteiger partial charge in [0.05, 0.1) is 6.10 Å². The van der Waals surface area contributed by atoms with Crippen LogP contribution >= 0.6 is 0 Å². The fraction of sp³-hybridized carbons (Fsp3) is 0.375. The zero-order valence-corrected chi connectivity index (χ0v) is 12.3. The van der Waals surface area contributed by atoms with Crippen LogP contribution in [0.3, 0.4) is 0 Å². The maximum Gasteiger partial charge on any atom is 0.342 e. The molecule has 23 heavy (non-hydrogen) atoms. The summed E-state index contributed by atoms with van der Waals surface area (Å²) in [7, 11) is 0. The van der Waals surface area contributed by atoms with Crippen LogP contribution in [0.15, 0.2) is 36.4 Å². The molecule has 0 aromatic heterocycles. The van der Waals surface area contributed by atoms with Crippen molar-refractivity contribution in [3.05, 3.63) is 42.0 Å². The molecule has 1 aromatic carbocycles. The van der Waals surface area contributed by atoms with E-state index in [-0.39, 0.29) is 24.2 Å². The minimum atomic E-state index is -1.53. The Morgan fingerprint density at radius 3 is 2.74 bits per heavy atom. The topological polar surface area (TPSA) is 113 Å². The van der Waals surface area contributed by atoms with Gasteiger partial charge >= 0.3 is 5.97 Å². The Kier molecular flexibility index (Phi) is 5.86. The Hall–Kier alpha value is -2.22. The number of carbonyl (C=O) groups excluding carboxylic acids is 2. The Labute approximate surface area is 132 Å². The normalized spacial score (nSPS) is 26.0. The number of hydrogen-bond acceptors (Lipinski definition) is 7.